The monoisotopic (exact) mass is 445 g/mol. The van der Waals surface area contributed by atoms with Crippen LogP contribution in [0.15, 0.2) is 53.4 Å². The number of esters is 1. The molecule has 3 amide bonds. The van der Waals surface area contributed by atoms with Gasteiger partial charge in [0, 0.05) is 12.6 Å². The van der Waals surface area contributed by atoms with Crippen molar-refractivity contribution in [1.82, 2.24) is 14.9 Å². The molecule has 9 nitrogen and oxygen atoms in total. The molecule has 0 saturated heterocycles. The van der Waals surface area contributed by atoms with E-state index >= 15 is 0 Å². The third kappa shape index (κ3) is 5.02. The van der Waals surface area contributed by atoms with Crippen LogP contribution in [0.2, 0.25) is 0 Å². The third-order valence-corrected chi connectivity index (χ3v) is 6.34. The molecule has 0 saturated carbocycles. The quantitative estimate of drug-likeness (QED) is 0.628. The minimum atomic E-state index is -3.93. The van der Waals surface area contributed by atoms with Crippen LogP contribution in [0, 0.1) is 0 Å². The number of carbonyl (C=O) groups is 3. The van der Waals surface area contributed by atoms with Crippen LogP contribution in [-0.2, 0) is 21.3 Å². The Kier molecular flexibility index (Phi) is 6.59. The van der Waals surface area contributed by atoms with Crippen molar-refractivity contribution in [2.24, 2.45) is 0 Å². The fourth-order valence-electron chi connectivity index (χ4n) is 3.01. The summed E-state index contributed by atoms with van der Waals surface area (Å²) in [6.45, 7) is 3.47. The van der Waals surface area contributed by atoms with Gasteiger partial charge in [-0.1, -0.05) is 24.3 Å². The van der Waals surface area contributed by atoms with Crippen molar-refractivity contribution in [3.8, 4) is 0 Å². The van der Waals surface area contributed by atoms with Crippen molar-refractivity contribution < 1.29 is 27.5 Å². The Morgan fingerprint density at radius 2 is 1.74 bits per heavy atom. The highest BCUT2D eigenvalue weighted by Crippen LogP contribution is 2.29. The van der Waals surface area contributed by atoms with E-state index in [1.54, 1.807) is 36.4 Å². The number of fused-ring (bicyclic) bond motifs is 1. The van der Waals surface area contributed by atoms with E-state index in [9.17, 15) is 22.8 Å². The second-order valence-corrected chi connectivity index (χ2v) is 9.02. The molecular weight excluding hydrogens is 422 g/mol. The Hall–Kier alpha value is -3.40. The molecule has 2 aromatic rings. The van der Waals surface area contributed by atoms with Gasteiger partial charge in [0.25, 0.3) is 15.9 Å². The number of amides is 3. The Labute approximate surface area is 180 Å². The van der Waals surface area contributed by atoms with Crippen molar-refractivity contribution >= 4 is 27.9 Å². The lowest BCUT2D eigenvalue weighted by Gasteiger charge is -2.15. The highest BCUT2D eigenvalue weighted by molar-refractivity contribution is 7.90. The van der Waals surface area contributed by atoms with Gasteiger partial charge in [-0.3, -0.25) is 4.79 Å². The lowest BCUT2D eigenvalue weighted by atomic mass is 10.1. The molecule has 31 heavy (non-hydrogen) atoms. The van der Waals surface area contributed by atoms with E-state index in [2.05, 4.69) is 10.6 Å². The maximum Gasteiger partial charge on any atom is 0.338 e. The number of urea groups is 1. The SMILES string of the molecule is CC(C)NC(=O)NCc1ccc(C(=O)OCCN2C(=O)c3ccccc3S2(=O)=O)cc1. The molecule has 1 aliphatic heterocycles. The Bertz CT molecular complexity index is 1100. The molecule has 3 rings (SSSR count). The molecule has 1 aliphatic rings. The van der Waals surface area contributed by atoms with Gasteiger partial charge in [-0.15, -0.1) is 0 Å². The summed E-state index contributed by atoms with van der Waals surface area (Å²) in [6.07, 6.45) is 0. The van der Waals surface area contributed by atoms with E-state index in [0.717, 1.165) is 5.56 Å². The van der Waals surface area contributed by atoms with Gasteiger partial charge in [-0.25, -0.2) is 22.3 Å². The summed E-state index contributed by atoms with van der Waals surface area (Å²) in [5, 5.41) is 5.41. The van der Waals surface area contributed by atoms with Gasteiger partial charge in [-0.2, -0.15) is 0 Å². The summed E-state index contributed by atoms with van der Waals surface area (Å²) in [5.74, 6) is -1.27. The Morgan fingerprint density at radius 1 is 1.06 bits per heavy atom. The Morgan fingerprint density at radius 3 is 2.39 bits per heavy atom. The van der Waals surface area contributed by atoms with E-state index in [1.807, 2.05) is 13.8 Å². The van der Waals surface area contributed by atoms with Crippen LogP contribution in [-0.4, -0.2) is 49.8 Å². The van der Waals surface area contributed by atoms with Crippen LogP contribution in [0.1, 0.15) is 40.1 Å². The summed E-state index contributed by atoms with van der Waals surface area (Å²) in [7, 11) is -3.93. The summed E-state index contributed by atoms with van der Waals surface area (Å²) in [6, 6.07) is 12.1. The summed E-state index contributed by atoms with van der Waals surface area (Å²) in [5.41, 5.74) is 1.18. The second kappa shape index (κ2) is 9.17. The minimum absolute atomic E-state index is 0.0251. The zero-order valence-electron chi connectivity index (χ0n) is 17.1. The number of sulfonamides is 1. The predicted molar refractivity (Wildman–Crippen MR) is 112 cm³/mol. The number of carbonyl (C=O) groups excluding carboxylic acids is 3. The van der Waals surface area contributed by atoms with Crippen molar-refractivity contribution in [2.75, 3.05) is 13.2 Å². The summed E-state index contributed by atoms with van der Waals surface area (Å²) < 4.78 is 30.8. The van der Waals surface area contributed by atoms with E-state index < -0.39 is 21.9 Å². The first-order valence-electron chi connectivity index (χ1n) is 9.66. The second-order valence-electron chi connectivity index (χ2n) is 7.19. The first-order valence-corrected chi connectivity index (χ1v) is 11.1. The average molecular weight is 445 g/mol. The summed E-state index contributed by atoms with van der Waals surface area (Å²) >= 11 is 0. The maximum atomic E-state index is 12.5. The number of nitrogens with zero attached hydrogens (tertiary/aromatic N) is 1. The van der Waals surface area contributed by atoms with Gasteiger partial charge in [-0.05, 0) is 43.7 Å². The molecule has 0 radical (unpaired) electrons. The van der Waals surface area contributed by atoms with E-state index in [4.69, 9.17) is 4.74 Å². The number of hydrogen-bond donors (Lipinski definition) is 2. The standard InChI is InChI=1S/C21H23N3O6S/c1-14(2)23-21(27)22-13-15-7-9-16(10-8-15)20(26)30-12-11-24-19(25)17-5-3-4-6-18(17)31(24,28)29/h3-10,14H,11-13H2,1-2H3,(H2,22,23,27). The van der Waals surface area contributed by atoms with E-state index in [0.29, 0.717) is 10.8 Å². The van der Waals surface area contributed by atoms with Crippen LogP contribution in [0.25, 0.3) is 0 Å². The molecule has 0 atom stereocenters. The molecule has 0 bridgehead atoms. The number of benzene rings is 2. The molecule has 164 valence electrons. The predicted octanol–water partition coefficient (Wildman–Crippen LogP) is 1.90. The maximum absolute atomic E-state index is 12.5. The molecule has 0 spiro atoms. The first kappa shape index (κ1) is 22.3. The molecule has 0 unspecified atom stereocenters. The van der Waals surface area contributed by atoms with Gasteiger partial charge in [0.1, 0.15) is 11.5 Å². The Balaban J connectivity index is 1.51. The first-order chi connectivity index (χ1) is 14.7. The molecule has 2 aromatic carbocycles. The smallest absolute Gasteiger partial charge is 0.338 e. The molecule has 0 aromatic heterocycles. The van der Waals surface area contributed by atoms with Crippen LogP contribution < -0.4 is 10.6 Å². The van der Waals surface area contributed by atoms with E-state index in [1.165, 1.54) is 12.1 Å². The topological polar surface area (TPSA) is 122 Å². The van der Waals surface area contributed by atoms with Crippen LogP contribution in [0.4, 0.5) is 4.79 Å². The molecule has 0 fully saturated rings. The highest BCUT2D eigenvalue weighted by atomic mass is 32.2. The van der Waals surface area contributed by atoms with Gasteiger partial charge < -0.3 is 15.4 Å². The van der Waals surface area contributed by atoms with Crippen molar-refractivity contribution in [3.63, 3.8) is 0 Å². The molecule has 2 N–H and O–H groups in total. The largest absolute Gasteiger partial charge is 0.460 e. The lowest BCUT2D eigenvalue weighted by molar-refractivity contribution is 0.0477. The molecular formula is C21H23N3O6S. The molecule has 0 aliphatic carbocycles. The number of hydrogen-bond acceptors (Lipinski definition) is 6. The number of ether oxygens (including phenoxy) is 1. The fourth-order valence-corrected chi connectivity index (χ4v) is 4.56. The minimum Gasteiger partial charge on any atom is -0.460 e. The number of nitrogens with one attached hydrogen (secondary N) is 2. The highest BCUT2D eigenvalue weighted by Gasteiger charge is 2.40. The normalized spacial score (nSPS) is 14.3. The van der Waals surface area contributed by atoms with Crippen LogP contribution in [0.5, 0.6) is 0 Å². The van der Waals surface area contributed by atoms with Crippen molar-refractivity contribution in [3.05, 3.63) is 65.2 Å². The van der Waals surface area contributed by atoms with Gasteiger partial charge in [0.15, 0.2) is 0 Å². The van der Waals surface area contributed by atoms with Gasteiger partial charge in [0.05, 0.1) is 17.7 Å². The van der Waals surface area contributed by atoms with Crippen LogP contribution in [0.3, 0.4) is 0 Å². The molecule has 1 heterocycles. The van der Waals surface area contributed by atoms with Crippen molar-refractivity contribution in [1.29, 1.82) is 0 Å². The summed E-state index contributed by atoms with van der Waals surface area (Å²) in [4.78, 5) is 36.1. The number of rotatable bonds is 7. The molecule has 10 heteroatoms. The fraction of sp³-hybridized carbons (Fsp3) is 0.286. The average Bonchev–Trinajstić information content (AvgIpc) is 2.93. The zero-order valence-corrected chi connectivity index (χ0v) is 17.9. The lowest BCUT2D eigenvalue weighted by Crippen LogP contribution is -2.39. The van der Waals surface area contributed by atoms with Gasteiger partial charge in [0.2, 0.25) is 0 Å². The van der Waals surface area contributed by atoms with Crippen molar-refractivity contribution in [2.45, 2.75) is 31.3 Å². The van der Waals surface area contributed by atoms with Crippen LogP contribution >= 0.6 is 0 Å². The van der Waals surface area contributed by atoms with Gasteiger partial charge >= 0.3 is 12.0 Å². The third-order valence-electron chi connectivity index (χ3n) is 4.50. The zero-order chi connectivity index (χ0) is 22.6. The van der Waals surface area contributed by atoms with E-state index in [-0.39, 0.29) is 41.2 Å².